The molecule has 0 aliphatic heterocycles. The SMILES string of the molecule is CC.CC(C)(CCOC(C)(C)C)CC(=O)C(C)(N)C(C)(C)C(C(N)=O)N(Cc1ccccn1)Cc1ccccn1.CCC(C)C.CS. The molecule has 2 aromatic heterocycles. The number of Topliss-reactive ketones (excluding diaryl/α,β-unsaturated/α-hetero) is 1. The molecule has 2 atom stereocenters. The maximum atomic E-state index is 13.8. The molecule has 4 N–H and O–H groups in total. The molecular weight excluding hydrogens is 607 g/mol. The van der Waals surface area contributed by atoms with Crippen molar-refractivity contribution >= 4 is 24.3 Å². The number of ether oxygens (including phenoxy) is 1. The summed E-state index contributed by atoms with van der Waals surface area (Å²) in [6, 6.07) is 10.4. The number of pyridine rings is 2. The van der Waals surface area contributed by atoms with E-state index < -0.39 is 22.9 Å². The van der Waals surface area contributed by atoms with Crippen LogP contribution in [0.1, 0.15) is 121 Å². The first-order chi connectivity index (χ1) is 21.7. The third-order valence-corrected chi connectivity index (χ3v) is 8.19. The number of rotatable bonds is 15. The molecule has 0 fully saturated rings. The van der Waals surface area contributed by atoms with Crippen LogP contribution in [0.3, 0.4) is 0 Å². The Labute approximate surface area is 293 Å². The Hall–Kier alpha value is -2.33. The highest BCUT2D eigenvalue weighted by atomic mass is 32.1. The molecule has 47 heavy (non-hydrogen) atoms. The second kappa shape index (κ2) is 22.3. The molecule has 0 aliphatic rings. The molecule has 8 nitrogen and oxygen atoms in total. The molecule has 1 amide bonds. The van der Waals surface area contributed by atoms with Crippen LogP contribution in [0.2, 0.25) is 0 Å². The first-order valence-corrected chi connectivity index (χ1v) is 17.9. The van der Waals surface area contributed by atoms with Crippen LogP contribution in [0, 0.1) is 16.7 Å². The highest BCUT2D eigenvalue weighted by Gasteiger charge is 2.53. The van der Waals surface area contributed by atoms with E-state index in [0.717, 1.165) is 17.3 Å². The fraction of sp³-hybridized carbons (Fsp3) is 0.684. The summed E-state index contributed by atoms with van der Waals surface area (Å²) >= 11 is 3.53. The van der Waals surface area contributed by atoms with E-state index in [9.17, 15) is 9.59 Å². The third kappa shape index (κ3) is 17.6. The summed E-state index contributed by atoms with van der Waals surface area (Å²) in [6.07, 6.45) is 7.38. The standard InChI is InChI=1S/C30H47N5O3.C5H12.C2H6.CH4S/c1-27(2,3)38-18-15-28(4,5)19-24(36)30(8,32)29(6,7)25(26(31)37)35(20-22-13-9-11-16-33-22)21-23-14-10-12-17-34-23;1-4-5(2)3;2*1-2/h9-14,16-17,25H,15,18-21,32H2,1-8H3,(H2,31,37);5H,4H2,1-3H3;1-2H3;2H,1H3. The van der Waals surface area contributed by atoms with Crippen molar-refractivity contribution in [3.05, 3.63) is 60.2 Å². The Bertz CT molecular complexity index is 1080. The largest absolute Gasteiger partial charge is 0.376 e. The van der Waals surface area contributed by atoms with E-state index in [1.54, 1.807) is 25.6 Å². The predicted molar refractivity (Wildman–Crippen MR) is 202 cm³/mol. The molecule has 0 aliphatic carbocycles. The van der Waals surface area contributed by atoms with Crippen LogP contribution in [-0.2, 0) is 27.4 Å². The molecule has 2 rings (SSSR count). The summed E-state index contributed by atoms with van der Waals surface area (Å²) < 4.78 is 5.89. The minimum atomic E-state index is -1.35. The lowest BCUT2D eigenvalue weighted by molar-refractivity contribution is -0.138. The number of nitrogens with zero attached hydrogens (tertiary/aromatic N) is 3. The maximum Gasteiger partial charge on any atom is 0.235 e. The van der Waals surface area contributed by atoms with Crippen molar-refractivity contribution in [2.75, 3.05) is 12.9 Å². The number of amides is 1. The van der Waals surface area contributed by atoms with Crippen LogP contribution in [0.25, 0.3) is 0 Å². The zero-order valence-corrected chi connectivity index (χ0v) is 33.1. The van der Waals surface area contributed by atoms with E-state index in [0.29, 0.717) is 26.1 Å². The molecule has 2 heterocycles. The van der Waals surface area contributed by atoms with Gasteiger partial charge in [0.2, 0.25) is 5.91 Å². The minimum absolute atomic E-state index is 0.120. The Morgan fingerprint density at radius 3 is 1.62 bits per heavy atom. The average Bonchev–Trinajstić information content (AvgIpc) is 2.99. The Morgan fingerprint density at radius 2 is 1.30 bits per heavy atom. The molecule has 0 bridgehead atoms. The van der Waals surface area contributed by atoms with Gasteiger partial charge in [-0.25, -0.2) is 0 Å². The highest BCUT2D eigenvalue weighted by Crippen LogP contribution is 2.40. The number of hydrogen-bond donors (Lipinski definition) is 3. The predicted octanol–water partition coefficient (Wildman–Crippen LogP) is 7.89. The first kappa shape index (κ1) is 46.8. The zero-order valence-electron chi connectivity index (χ0n) is 32.2. The van der Waals surface area contributed by atoms with Gasteiger partial charge in [-0.05, 0) is 76.0 Å². The quantitative estimate of drug-likeness (QED) is 0.164. The van der Waals surface area contributed by atoms with E-state index in [-0.39, 0.29) is 23.2 Å². The molecule has 270 valence electrons. The van der Waals surface area contributed by atoms with Gasteiger partial charge in [-0.2, -0.15) is 12.6 Å². The van der Waals surface area contributed by atoms with Crippen LogP contribution in [0.5, 0.6) is 0 Å². The third-order valence-electron chi connectivity index (χ3n) is 8.19. The monoisotopic (exact) mass is 676 g/mol. The number of aromatic nitrogens is 2. The van der Waals surface area contributed by atoms with Crippen LogP contribution >= 0.6 is 12.6 Å². The Morgan fingerprint density at radius 1 is 0.872 bits per heavy atom. The summed E-state index contributed by atoms with van der Waals surface area (Å²) in [5, 5.41) is 0. The molecular formula is C38H69N5O3S. The first-order valence-electron chi connectivity index (χ1n) is 17.0. The summed E-state index contributed by atoms with van der Waals surface area (Å²) in [5.41, 5.74) is 11.5. The van der Waals surface area contributed by atoms with Crippen molar-refractivity contribution in [3.8, 4) is 0 Å². The molecule has 2 unspecified atom stereocenters. The van der Waals surface area contributed by atoms with Gasteiger partial charge in [0.15, 0.2) is 5.78 Å². The van der Waals surface area contributed by atoms with Crippen molar-refractivity contribution in [1.82, 2.24) is 14.9 Å². The van der Waals surface area contributed by atoms with Crippen molar-refractivity contribution in [2.24, 2.45) is 28.2 Å². The molecule has 2 aromatic rings. The molecule has 0 aromatic carbocycles. The summed E-state index contributed by atoms with van der Waals surface area (Å²) in [5.74, 6) is 0.212. The number of ketones is 1. The Kier molecular flexibility index (Phi) is 22.2. The van der Waals surface area contributed by atoms with Crippen LogP contribution in [0.4, 0.5) is 0 Å². The number of carbonyl (C=O) groups is 2. The average molecular weight is 676 g/mol. The van der Waals surface area contributed by atoms with Crippen LogP contribution in [-0.4, -0.2) is 56.6 Å². The van der Waals surface area contributed by atoms with Crippen LogP contribution < -0.4 is 11.5 Å². The second-order valence-corrected chi connectivity index (χ2v) is 14.6. The van der Waals surface area contributed by atoms with Crippen molar-refractivity contribution < 1.29 is 14.3 Å². The number of nitrogens with two attached hydrogens (primary N) is 2. The number of hydrogen-bond acceptors (Lipinski definition) is 8. The summed E-state index contributed by atoms with van der Waals surface area (Å²) in [7, 11) is 0. The van der Waals surface area contributed by atoms with E-state index in [2.05, 4.69) is 43.4 Å². The normalized spacial score (nSPS) is 13.6. The number of thiol groups is 1. The van der Waals surface area contributed by atoms with Gasteiger partial charge < -0.3 is 16.2 Å². The summed E-state index contributed by atoms with van der Waals surface area (Å²) in [4.78, 5) is 37.7. The van der Waals surface area contributed by atoms with Crippen molar-refractivity contribution in [1.29, 1.82) is 0 Å². The van der Waals surface area contributed by atoms with Gasteiger partial charge >= 0.3 is 0 Å². The molecule has 0 saturated heterocycles. The van der Waals surface area contributed by atoms with E-state index >= 15 is 0 Å². The lowest BCUT2D eigenvalue weighted by Gasteiger charge is -2.48. The van der Waals surface area contributed by atoms with Gasteiger partial charge in [-0.3, -0.25) is 24.5 Å². The summed E-state index contributed by atoms with van der Waals surface area (Å²) in [6.45, 7) is 27.4. The Balaban J connectivity index is 0. The van der Waals surface area contributed by atoms with Crippen LogP contribution in [0.15, 0.2) is 48.8 Å². The van der Waals surface area contributed by atoms with Gasteiger partial charge in [-0.15, -0.1) is 0 Å². The fourth-order valence-corrected chi connectivity index (χ4v) is 4.61. The van der Waals surface area contributed by atoms with Gasteiger partial charge in [0.05, 0.1) is 28.6 Å². The van der Waals surface area contributed by atoms with E-state index in [1.165, 1.54) is 6.42 Å². The van der Waals surface area contributed by atoms with Gasteiger partial charge in [0, 0.05) is 43.9 Å². The topological polar surface area (TPSA) is 124 Å². The lowest BCUT2D eigenvalue weighted by Crippen LogP contribution is -2.67. The maximum absolute atomic E-state index is 13.8. The van der Waals surface area contributed by atoms with E-state index in [1.807, 2.05) is 104 Å². The molecule has 0 saturated carbocycles. The lowest BCUT2D eigenvalue weighted by atomic mass is 9.63. The molecule has 0 radical (unpaired) electrons. The fourth-order valence-electron chi connectivity index (χ4n) is 4.61. The van der Waals surface area contributed by atoms with Gasteiger partial charge in [0.1, 0.15) is 0 Å². The molecule has 9 heteroatoms. The van der Waals surface area contributed by atoms with Gasteiger partial charge in [-0.1, -0.05) is 80.9 Å². The van der Waals surface area contributed by atoms with E-state index in [4.69, 9.17) is 16.2 Å². The second-order valence-electron chi connectivity index (χ2n) is 14.6. The van der Waals surface area contributed by atoms with Crippen molar-refractivity contribution in [2.45, 2.75) is 140 Å². The number of primary amides is 1. The highest BCUT2D eigenvalue weighted by molar-refractivity contribution is 7.79. The molecule has 0 spiro atoms. The van der Waals surface area contributed by atoms with Crippen molar-refractivity contribution in [3.63, 3.8) is 0 Å². The van der Waals surface area contributed by atoms with Gasteiger partial charge in [0.25, 0.3) is 0 Å². The number of carbonyl (C=O) groups excluding carboxylic acids is 2. The smallest absolute Gasteiger partial charge is 0.235 e. The minimum Gasteiger partial charge on any atom is -0.376 e. The zero-order chi connectivity index (χ0) is 37.1.